The van der Waals surface area contributed by atoms with E-state index >= 15 is 0 Å². The monoisotopic (exact) mass is 189 g/mol. The van der Waals surface area contributed by atoms with Crippen molar-refractivity contribution in [3.63, 3.8) is 0 Å². The third-order valence-corrected chi connectivity index (χ3v) is 2.86. The molecule has 1 aliphatic carbocycles. The number of rotatable bonds is 3. The molecule has 1 saturated carbocycles. The lowest BCUT2D eigenvalue weighted by molar-refractivity contribution is 0.511. The van der Waals surface area contributed by atoms with Crippen LogP contribution in [-0.2, 0) is 6.54 Å². The van der Waals surface area contributed by atoms with Crippen LogP contribution in [0.5, 0.6) is 0 Å². The molecule has 1 aromatic heterocycles. The van der Waals surface area contributed by atoms with Gasteiger partial charge >= 0.3 is 0 Å². The van der Waals surface area contributed by atoms with Crippen molar-refractivity contribution in [2.24, 2.45) is 5.92 Å². The minimum atomic E-state index is 0.274. The van der Waals surface area contributed by atoms with Crippen LogP contribution in [0.15, 0.2) is 18.3 Å². The molecule has 0 aliphatic heterocycles. The first kappa shape index (κ1) is 9.29. The highest BCUT2D eigenvalue weighted by molar-refractivity contribution is 5.03. The Balaban J connectivity index is 1.75. The van der Waals surface area contributed by atoms with Gasteiger partial charge in [-0.15, -0.1) is 0 Å². The lowest BCUT2D eigenvalue weighted by atomic mass is 10.1. The standard InChI is InChI=1S/C11H15N3/c12-7-9-3-4-10(6-9)14-8-11-2-1-5-13-11/h1-2,5,9-10,13-14H,3-4,6,8H2. The van der Waals surface area contributed by atoms with E-state index in [4.69, 9.17) is 5.26 Å². The Morgan fingerprint density at radius 1 is 1.57 bits per heavy atom. The third-order valence-electron chi connectivity index (χ3n) is 2.86. The number of nitriles is 1. The van der Waals surface area contributed by atoms with Crippen LogP contribution in [0.1, 0.15) is 25.0 Å². The van der Waals surface area contributed by atoms with Gasteiger partial charge in [-0.25, -0.2) is 0 Å². The number of H-pyrrole nitrogens is 1. The van der Waals surface area contributed by atoms with E-state index in [0.717, 1.165) is 25.8 Å². The van der Waals surface area contributed by atoms with Crippen LogP contribution in [-0.4, -0.2) is 11.0 Å². The average Bonchev–Trinajstić information content (AvgIpc) is 2.86. The molecule has 2 N–H and O–H groups in total. The van der Waals surface area contributed by atoms with E-state index in [0.29, 0.717) is 6.04 Å². The summed E-state index contributed by atoms with van der Waals surface area (Å²) in [7, 11) is 0. The summed E-state index contributed by atoms with van der Waals surface area (Å²) >= 11 is 0. The first-order valence-corrected chi connectivity index (χ1v) is 5.14. The van der Waals surface area contributed by atoms with Crippen LogP contribution in [0.2, 0.25) is 0 Å². The number of aromatic amines is 1. The Morgan fingerprint density at radius 2 is 2.50 bits per heavy atom. The quantitative estimate of drug-likeness (QED) is 0.761. The van der Waals surface area contributed by atoms with Gasteiger partial charge in [-0.3, -0.25) is 0 Å². The van der Waals surface area contributed by atoms with Crippen LogP contribution in [0.3, 0.4) is 0 Å². The number of hydrogen-bond donors (Lipinski definition) is 2. The average molecular weight is 189 g/mol. The zero-order chi connectivity index (χ0) is 9.80. The Kier molecular flexibility index (Phi) is 2.85. The summed E-state index contributed by atoms with van der Waals surface area (Å²) in [5, 5.41) is 12.2. The fourth-order valence-corrected chi connectivity index (χ4v) is 2.02. The molecule has 3 heteroatoms. The highest BCUT2D eigenvalue weighted by atomic mass is 14.9. The van der Waals surface area contributed by atoms with Gasteiger partial charge in [0.15, 0.2) is 0 Å². The van der Waals surface area contributed by atoms with Crippen molar-refractivity contribution in [1.29, 1.82) is 5.26 Å². The zero-order valence-electron chi connectivity index (χ0n) is 8.16. The van der Waals surface area contributed by atoms with E-state index in [9.17, 15) is 0 Å². The van der Waals surface area contributed by atoms with E-state index in [-0.39, 0.29) is 5.92 Å². The lowest BCUT2D eigenvalue weighted by Crippen LogP contribution is -2.25. The minimum Gasteiger partial charge on any atom is -0.364 e. The molecular weight excluding hydrogens is 174 g/mol. The molecule has 1 heterocycles. The summed E-state index contributed by atoms with van der Waals surface area (Å²) in [6.07, 6.45) is 5.14. The zero-order valence-corrected chi connectivity index (χ0v) is 8.16. The molecule has 0 spiro atoms. The van der Waals surface area contributed by atoms with Crippen molar-refractivity contribution < 1.29 is 0 Å². The molecule has 0 aromatic carbocycles. The Bertz CT molecular complexity index is 310. The second-order valence-corrected chi connectivity index (χ2v) is 3.91. The largest absolute Gasteiger partial charge is 0.364 e. The maximum Gasteiger partial charge on any atom is 0.0656 e. The summed E-state index contributed by atoms with van der Waals surface area (Å²) in [5.41, 5.74) is 1.21. The Hall–Kier alpha value is -1.27. The Labute approximate surface area is 84.1 Å². The second kappa shape index (κ2) is 4.30. The molecule has 0 amide bonds. The second-order valence-electron chi connectivity index (χ2n) is 3.91. The van der Waals surface area contributed by atoms with E-state index < -0.39 is 0 Å². The summed E-state index contributed by atoms with van der Waals surface area (Å²) in [4.78, 5) is 3.16. The van der Waals surface area contributed by atoms with Crippen LogP contribution >= 0.6 is 0 Å². The van der Waals surface area contributed by atoms with Gasteiger partial charge in [-0.1, -0.05) is 0 Å². The predicted octanol–water partition coefficient (Wildman–Crippen LogP) is 1.80. The molecule has 2 rings (SSSR count). The fourth-order valence-electron chi connectivity index (χ4n) is 2.02. The molecule has 14 heavy (non-hydrogen) atoms. The number of nitrogens with one attached hydrogen (secondary N) is 2. The number of hydrogen-bond acceptors (Lipinski definition) is 2. The van der Waals surface area contributed by atoms with Crippen LogP contribution in [0.25, 0.3) is 0 Å². The third kappa shape index (κ3) is 2.15. The molecule has 74 valence electrons. The summed E-state index contributed by atoms with van der Waals surface area (Å²) in [5.74, 6) is 0.274. The summed E-state index contributed by atoms with van der Waals surface area (Å²) < 4.78 is 0. The maximum absolute atomic E-state index is 8.75. The maximum atomic E-state index is 8.75. The molecule has 0 saturated heterocycles. The van der Waals surface area contributed by atoms with E-state index in [2.05, 4.69) is 22.4 Å². The SMILES string of the molecule is N#CC1CCC(NCc2ccc[nH]2)C1. The van der Waals surface area contributed by atoms with Crippen molar-refractivity contribution in [2.75, 3.05) is 0 Å². The van der Waals surface area contributed by atoms with Crippen molar-refractivity contribution >= 4 is 0 Å². The van der Waals surface area contributed by atoms with E-state index in [1.807, 2.05) is 12.3 Å². The van der Waals surface area contributed by atoms with E-state index in [1.54, 1.807) is 0 Å². The van der Waals surface area contributed by atoms with Crippen LogP contribution < -0.4 is 5.32 Å². The highest BCUT2D eigenvalue weighted by Gasteiger charge is 2.23. The lowest BCUT2D eigenvalue weighted by Gasteiger charge is -2.10. The summed E-state index contributed by atoms with van der Waals surface area (Å²) in [6, 6.07) is 6.95. The molecular formula is C11H15N3. The first-order chi connectivity index (χ1) is 6.88. The smallest absolute Gasteiger partial charge is 0.0656 e. The van der Waals surface area contributed by atoms with Gasteiger partial charge in [0.2, 0.25) is 0 Å². The molecule has 0 bridgehead atoms. The minimum absolute atomic E-state index is 0.274. The van der Waals surface area contributed by atoms with Crippen molar-refractivity contribution in [1.82, 2.24) is 10.3 Å². The first-order valence-electron chi connectivity index (χ1n) is 5.14. The van der Waals surface area contributed by atoms with Crippen LogP contribution in [0, 0.1) is 17.2 Å². The highest BCUT2D eigenvalue weighted by Crippen LogP contribution is 2.24. The van der Waals surface area contributed by atoms with Gasteiger partial charge in [0.25, 0.3) is 0 Å². The number of nitrogens with zero attached hydrogens (tertiary/aromatic N) is 1. The van der Waals surface area contributed by atoms with E-state index in [1.165, 1.54) is 5.69 Å². The van der Waals surface area contributed by atoms with Gasteiger partial charge in [-0.05, 0) is 31.4 Å². The van der Waals surface area contributed by atoms with Gasteiger partial charge < -0.3 is 10.3 Å². The number of aromatic nitrogens is 1. The molecule has 1 aliphatic rings. The molecule has 1 fully saturated rings. The van der Waals surface area contributed by atoms with Crippen molar-refractivity contribution in [3.8, 4) is 6.07 Å². The fraction of sp³-hybridized carbons (Fsp3) is 0.545. The van der Waals surface area contributed by atoms with Gasteiger partial charge in [0.1, 0.15) is 0 Å². The van der Waals surface area contributed by atoms with Gasteiger partial charge in [0, 0.05) is 30.4 Å². The van der Waals surface area contributed by atoms with Crippen molar-refractivity contribution in [3.05, 3.63) is 24.0 Å². The Morgan fingerprint density at radius 3 is 3.14 bits per heavy atom. The van der Waals surface area contributed by atoms with Gasteiger partial charge in [-0.2, -0.15) is 5.26 Å². The van der Waals surface area contributed by atoms with Crippen LogP contribution in [0.4, 0.5) is 0 Å². The van der Waals surface area contributed by atoms with Crippen molar-refractivity contribution in [2.45, 2.75) is 31.8 Å². The molecule has 3 nitrogen and oxygen atoms in total. The van der Waals surface area contributed by atoms with Gasteiger partial charge in [0.05, 0.1) is 6.07 Å². The topological polar surface area (TPSA) is 51.6 Å². The predicted molar refractivity (Wildman–Crippen MR) is 54.4 cm³/mol. The summed E-state index contributed by atoms with van der Waals surface area (Å²) in [6.45, 7) is 0.885. The molecule has 2 atom stereocenters. The molecule has 2 unspecified atom stereocenters. The normalized spacial score (nSPS) is 26.2. The molecule has 0 radical (unpaired) electrons. The molecule has 1 aromatic rings.